The molecule has 0 saturated carbocycles. The summed E-state index contributed by atoms with van der Waals surface area (Å²) in [5, 5.41) is 10.8. The monoisotopic (exact) mass is 295 g/mol. The molecule has 118 valence electrons. The molecular formula is C15H25N3O3. The minimum atomic E-state index is -0.260. The fourth-order valence-electron chi connectivity index (χ4n) is 2.04. The van der Waals surface area contributed by atoms with E-state index in [0.29, 0.717) is 18.2 Å². The molecule has 1 amide bonds. The number of nitrogens with zero attached hydrogens (tertiary/aromatic N) is 2. The van der Waals surface area contributed by atoms with Crippen LogP contribution in [0.3, 0.4) is 0 Å². The average molecular weight is 295 g/mol. The maximum atomic E-state index is 11.8. The fraction of sp³-hybridized carbons (Fsp3) is 0.733. The van der Waals surface area contributed by atoms with Gasteiger partial charge in [0.25, 0.3) is 0 Å². The number of aromatic nitrogens is 2. The van der Waals surface area contributed by atoms with Gasteiger partial charge in [0.05, 0.1) is 6.42 Å². The first-order valence-corrected chi connectivity index (χ1v) is 7.67. The first kappa shape index (κ1) is 17.3. The molecule has 1 unspecified atom stereocenters. The highest BCUT2D eigenvalue weighted by molar-refractivity contribution is 5.77. The fourth-order valence-corrected chi connectivity index (χ4v) is 2.04. The van der Waals surface area contributed by atoms with E-state index in [1.54, 1.807) is 0 Å². The third-order valence-corrected chi connectivity index (χ3v) is 3.09. The second-order valence-electron chi connectivity index (χ2n) is 5.28. The number of rotatable bonds is 10. The molecule has 0 radical (unpaired) electrons. The van der Waals surface area contributed by atoms with Gasteiger partial charge in [-0.15, -0.1) is 10.2 Å². The van der Waals surface area contributed by atoms with Gasteiger partial charge >= 0.3 is 0 Å². The van der Waals surface area contributed by atoms with Crippen LogP contribution >= 0.6 is 0 Å². The second kappa shape index (κ2) is 9.26. The van der Waals surface area contributed by atoms with E-state index in [9.17, 15) is 9.59 Å². The average Bonchev–Trinajstić information content (AvgIpc) is 2.85. The van der Waals surface area contributed by atoms with Crippen LogP contribution in [0.15, 0.2) is 4.42 Å². The number of unbranched alkanes of at least 4 members (excludes halogenated alkanes) is 2. The SMILES string of the molecule is CCCCCC(NC(=O)CCC)c1nnc(CC(C)=O)o1. The molecule has 0 bridgehead atoms. The maximum absolute atomic E-state index is 11.8. The van der Waals surface area contributed by atoms with Crippen LogP contribution in [0, 0.1) is 0 Å². The highest BCUT2D eigenvalue weighted by Crippen LogP contribution is 2.19. The number of hydrogen-bond donors (Lipinski definition) is 1. The number of Topliss-reactive ketones (excluding diaryl/α,β-unsaturated/α-hetero) is 1. The predicted molar refractivity (Wildman–Crippen MR) is 78.6 cm³/mol. The molecular weight excluding hydrogens is 270 g/mol. The second-order valence-corrected chi connectivity index (χ2v) is 5.28. The molecule has 0 aliphatic rings. The molecule has 1 N–H and O–H groups in total. The van der Waals surface area contributed by atoms with Crippen molar-refractivity contribution in [1.82, 2.24) is 15.5 Å². The number of ketones is 1. The van der Waals surface area contributed by atoms with Crippen molar-refractivity contribution in [3.05, 3.63) is 11.8 Å². The Morgan fingerprint density at radius 1 is 1.19 bits per heavy atom. The summed E-state index contributed by atoms with van der Waals surface area (Å²) in [4.78, 5) is 22.9. The minimum absolute atomic E-state index is 0.00897. The van der Waals surface area contributed by atoms with Gasteiger partial charge in [-0.3, -0.25) is 9.59 Å². The van der Waals surface area contributed by atoms with Crippen molar-refractivity contribution in [2.24, 2.45) is 0 Å². The molecule has 1 aromatic heterocycles. The lowest BCUT2D eigenvalue weighted by Gasteiger charge is -2.14. The lowest BCUT2D eigenvalue weighted by Crippen LogP contribution is -2.28. The van der Waals surface area contributed by atoms with E-state index in [1.807, 2.05) is 6.92 Å². The highest BCUT2D eigenvalue weighted by Gasteiger charge is 2.20. The molecule has 6 nitrogen and oxygen atoms in total. The van der Waals surface area contributed by atoms with Gasteiger partial charge < -0.3 is 9.73 Å². The molecule has 0 aliphatic heterocycles. The summed E-state index contributed by atoms with van der Waals surface area (Å²) in [7, 11) is 0. The van der Waals surface area contributed by atoms with Crippen molar-refractivity contribution < 1.29 is 14.0 Å². The van der Waals surface area contributed by atoms with Crippen LogP contribution in [-0.2, 0) is 16.0 Å². The van der Waals surface area contributed by atoms with Crippen molar-refractivity contribution in [3.8, 4) is 0 Å². The van der Waals surface area contributed by atoms with E-state index in [1.165, 1.54) is 6.92 Å². The minimum Gasteiger partial charge on any atom is -0.423 e. The van der Waals surface area contributed by atoms with Gasteiger partial charge in [0.1, 0.15) is 11.8 Å². The van der Waals surface area contributed by atoms with Gasteiger partial charge in [-0.05, 0) is 19.8 Å². The molecule has 1 heterocycles. The lowest BCUT2D eigenvalue weighted by atomic mass is 10.1. The smallest absolute Gasteiger partial charge is 0.238 e. The highest BCUT2D eigenvalue weighted by atomic mass is 16.4. The molecule has 0 fully saturated rings. The van der Waals surface area contributed by atoms with Crippen LogP contribution in [0.25, 0.3) is 0 Å². The Balaban J connectivity index is 2.71. The molecule has 0 spiro atoms. The Labute approximate surface area is 125 Å². The number of hydrogen-bond acceptors (Lipinski definition) is 5. The zero-order valence-electron chi connectivity index (χ0n) is 13.1. The summed E-state index contributed by atoms with van der Waals surface area (Å²) in [6.07, 6.45) is 5.37. The van der Waals surface area contributed by atoms with Crippen LogP contribution < -0.4 is 5.32 Å². The van der Waals surface area contributed by atoms with Gasteiger partial charge in [-0.2, -0.15) is 0 Å². The van der Waals surface area contributed by atoms with Crippen LogP contribution in [0.2, 0.25) is 0 Å². The van der Waals surface area contributed by atoms with E-state index in [4.69, 9.17) is 4.42 Å². The van der Waals surface area contributed by atoms with Crippen molar-refractivity contribution in [2.75, 3.05) is 0 Å². The van der Waals surface area contributed by atoms with Crippen molar-refractivity contribution in [1.29, 1.82) is 0 Å². The normalized spacial score (nSPS) is 12.1. The summed E-state index contributed by atoms with van der Waals surface area (Å²) < 4.78 is 5.51. The van der Waals surface area contributed by atoms with Crippen molar-refractivity contribution in [3.63, 3.8) is 0 Å². The van der Waals surface area contributed by atoms with Gasteiger partial charge in [0.15, 0.2) is 0 Å². The zero-order chi connectivity index (χ0) is 15.7. The molecule has 1 aromatic rings. The van der Waals surface area contributed by atoms with Gasteiger partial charge in [-0.1, -0.05) is 33.1 Å². The van der Waals surface area contributed by atoms with Crippen LogP contribution in [0.4, 0.5) is 0 Å². The molecule has 1 atom stereocenters. The van der Waals surface area contributed by atoms with E-state index < -0.39 is 0 Å². The molecule has 1 rings (SSSR count). The summed E-state index contributed by atoms with van der Waals surface area (Å²) >= 11 is 0. The number of nitrogens with one attached hydrogen (secondary N) is 1. The first-order valence-electron chi connectivity index (χ1n) is 7.67. The summed E-state index contributed by atoms with van der Waals surface area (Å²) in [5.41, 5.74) is 0. The molecule has 0 aromatic carbocycles. The molecule has 0 saturated heterocycles. The molecule has 21 heavy (non-hydrogen) atoms. The third kappa shape index (κ3) is 6.51. The summed E-state index contributed by atoms with van der Waals surface area (Å²) in [5.74, 6) is 0.669. The predicted octanol–water partition coefficient (Wildman–Crippen LogP) is 2.74. The van der Waals surface area contributed by atoms with Gasteiger partial charge in [-0.25, -0.2) is 0 Å². The largest absolute Gasteiger partial charge is 0.423 e. The van der Waals surface area contributed by atoms with Crippen molar-refractivity contribution in [2.45, 2.75) is 71.8 Å². The maximum Gasteiger partial charge on any atom is 0.238 e. The lowest BCUT2D eigenvalue weighted by molar-refractivity contribution is -0.122. The Hall–Kier alpha value is -1.72. The topological polar surface area (TPSA) is 85.1 Å². The van der Waals surface area contributed by atoms with E-state index in [2.05, 4.69) is 22.4 Å². The van der Waals surface area contributed by atoms with Crippen LogP contribution in [0.1, 0.15) is 77.1 Å². The summed E-state index contributed by atoms with van der Waals surface area (Å²) in [6, 6.07) is -0.260. The van der Waals surface area contributed by atoms with E-state index in [0.717, 1.165) is 32.1 Å². The van der Waals surface area contributed by atoms with Gasteiger partial charge in [0, 0.05) is 6.42 Å². The Morgan fingerprint density at radius 3 is 2.57 bits per heavy atom. The standard InChI is InChI=1S/C15H25N3O3/c1-4-6-7-9-12(16-13(20)8-5-2)15-18-17-14(21-15)10-11(3)19/h12H,4-10H2,1-3H3,(H,16,20). The van der Waals surface area contributed by atoms with Gasteiger partial charge in [0.2, 0.25) is 17.7 Å². The quantitative estimate of drug-likeness (QED) is 0.671. The Morgan fingerprint density at radius 2 is 1.95 bits per heavy atom. The number of carbonyl (C=O) groups is 2. The third-order valence-electron chi connectivity index (χ3n) is 3.09. The van der Waals surface area contributed by atoms with E-state index >= 15 is 0 Å². The Bertz CT molecular complexity index is 457. The van der Waals surface area contributed by atoms with Crippen LogP contribution in [0.5, 0.6) is 0 Å². The first-order chi connectivity index (χ1) is 10.1. The number of amides is 1. The molecule has 6 heteroatoms. The van der Waals surface area contributed by atoms with E-state index in [-0.39, 0.29) is 24.2 Å². The number of carbonyl (C=O) groups excluding carboxylic acids is 2. The Kier molecular flexibility index (Phi) is 7.64. The zero-order valence-corrected chi connectivity index (χ0v) is 13.1. The molecule has 0 aliphatic carbocycles. The summed E-state index contributed by atoms with van der Waals surface area (Å²) in [6.45, 7) is 5.57. The van der Waals surface area contributed by atoms with Crippen molar-refractivity contribution >= 4 is 11.7 Å². The van der Waals surface area contributed by atoms with Crippen LogP contribution in [-0.4, -0.2) is 21.9 Å².